The van der Waals surface area contributed by atoms with Gasteiger partial charge in [0.2, 0.25) is 29.5 Å². The number of aryl methyl sites for hydroxylation is 1. The van der Waals surface area contributed by atoms with Crippen LogP contribution in [0.3, 0.4) is 0 Å². The summed E-state index contributed by atoms with van der Waals surface area (Å²) in [5, 5.41) is 4.20. The van der Waals surface area contributed by atoms with Gasteiger partial charge in [0.15, 0.2) is 0 Å². The molecular weight excluding hydrogens is 1070 g/mol. The molecule has 3 fully saturated rings. The zero-order valence-corrected chi connectivity index (χ0v) is 47.8. The van der Waals surface area contributed by atoms with Crippen molar-refractivity contribution in [3.8, 4) is 34.8 Å². The highest BCUT2D eigenvalue weighted by atomic mass is 16.5. The molecule has 3 aromatic heterocycles. The fourth-order valence-corrected chi connectivity index (χ4v) is 11.1. The largest absolute Gasteiger partial charge is 0.457 e. The minimum Gasteiger partial charge on any atom is -0.457 e. The van der Waals surface area contributed by atoms with Gasteiger partial charge in [0.25, 0.3) is 0 Å². The standard InChI is InChI=1S/C24H25N3O2.C23H23N3O2.C22H23N3O3/c25-24(28)20-11-14-23(26-16-20)29-21-12-9-18(10-13-21)17-27-15-5-4-8-22(27)19-6-2-1-3-7-19;24-23(27)19-8-11-22(25-14-19)28-21-9-6-17(7-10-21)15-26-13-12-20(16-26)18-4-2-1-3-5-18;1-15-13-20(24-28-15)21-3-2-12-25(21)14-16-4-8-18(9-5-16)27-19-10-6-17(7-11-19)22(23)26/h1-3,6-7,9-14,16,22H,4-5,8,15,17H2,(H2,25,28);1-11,14,20H,12-13,15-16H2,(H2,24,27);4-11,13,21H,2-3,12,14H2,1H3,(H2,23,26). The van der Waals surface area contributed by atoms with Crippen molar-refractivity contribution in [3.63, 3.8) is 0 Å². The first-order valence-electron chi connectivity index (χ1n) is 28.9. The Morgan fingerprint density at radius 2 is 0.941 bits per heavy atom. The lowest BCUT2D eigenvalue weighted by molar-refractivity contribution is 0.0991. The first-order chi connectivity index (χ1) is 41.4. The molecule has 0 bridgehead atoms. The van der Waals surface area contributed by atoms with Gasteiger partial charge in [-0.15, -0.1) is 0 Å². The number of carbonyl (C=O) groups excluding carboxylic acids is 3. The van der Waals surface area contributed by atoms with Crippen LogP contribution in [0.5, 0.6) is 34.8 Å². The van der Waals surface area contributed by atoms with E-state index in [1.807, 2.05) is 49.4 Å². The summed E-state index contributed by atoms with van der Waals surface area (Å²) in [5.74, 6) is 3.74. The maximum Gasteiger partial charge on any atom is 0.250 e. The van der Waals surface area contributed by atoms with Gasteiger partial charge in [-0.3, -0.25) is 29.1 Å². The maximum absolute atomic E-state index is 11.1. The summed E-state index contributed by atoms with van der Waals surface area (Å²) < 4.78 is 22.6. The molecule has 6 N–H and O–H groups in total. The number of carbonyl (C=O) groups is 3. The van der Waals surface area contributed by atoms with Gasteiger partial charge in [0.05, 0.1) is 17.2 Å². The number of nitrogens with zero attached hydrogens (tertiary/aromatic N) is 6. The smallest absolute Gasteiger partial charge is 0.250 e. The predicted octanol–water partition coefficient (Wildman–Crippen LogP) is 12.9. The molecule has 0 spiro atoms. The Labute approximate surface area is 496 Å². The van der Waals surface area contributed by atoms with E-state index in [1.54, 1.807) is 48.5 Å². The van der Waals surface area contributed by atoms with E-state index in [9.17, 15) is 14.4 Å². The molecule has 6 heterocycles. The van der Waals surface area contributed by atoms with Gasteiger partial charge >= 0.3 is 0 Å². The van der Waals surface area contributed by atoms with Crippen molar-refractivity contribution < 1.29 is 33.1 Å². The van der Waals surface area contributed by atoms with Crippen LogP contribution in [0.15, 0.2) is 205 Å². The number of amides is 3. The Morgan fingerprint density at radius 1 is 0.482 bits per heavy atom. The van der Waals surface area contributed by atoms with Crippen molar-refractivity contribution in [2.45, 2.75) is 83.1 Å². The summed E-state index contributed by atoms with van der Waals surface area (Å²) in [6.07, 6.45) is 10.1. The van der Waals surface area contributed by atoms with E-state index in [0.717, 1.165) is 69.4 Å². The first kappa shape index (κ1) is 58.7. The third-order valence-electron chi connectivity index (χ3n) is 15.5. The molecule has 85 heavy (non-hydrogen) atoms. The molecule has 3 amide bonds. The molecule has 0 aliphatic carbocycles. The van der Waals surface area contributed by atoms with Crippen LogP contribution in [0.2, 0.25) is 0 Å². The van der Waals surface area contributed by atoms with E-state index in [4.69, 9.17) is 35.9 Å². The van der Waals surface area contributed by atoms with E-state index in [2.05, 4.69) is 127 Å². The number of benzene rings is 6. The summed E-state index contributed by atoms with van der Waals surface area (Å²) in [6.45, 7) is 9.04. The van der Waals surface area contributed by atoms with Crippen LogP contribution in [0.1, 0.15) is 127 Å². The van der Waals surface area contributed by atoms with E-state index in [0.29, 0.717) is 63.7 Å². The molecule has 434 valence electrons. The van der Waals surface area contributed by atoms with Crippen LogP contribution in [0.25, 0.3) is 0 Å². The van der Waals surface area contributed by atoms with Crippen LogP contribution in [-0.2, 0) is 19.6 Å². The van der Waals surface area contributed by atoms with Crippen molar-refractivity contribution in [1.82, 2.24) is 29.8 Å². The zero-order valence-electron chi connectivity index (χ0n) is 47.8. The molecule has 0 radical (unpaired) electrons. The second kappa shape index (κ2) is 28.7. The SMILES string of the molecule is Cc1cc(C2CCCN2Cc2ccc(Oc3ccc(C(N)=O)cc3)cc2)no1.NC(=O)c1ccc(Oc2ccc(CN3CCC(c4ccccc4)C3)cc2)nc1.NC(=O)c1ccc(Oc2ccc(CN3CCCCC3c3ccccc3)cc2)nc1. The monoisotopic (exact) mass is 1140 g/mol. The Bertz CT molecular complexity index is 3570. The van der Waals surface area contributed by atoms with E-state index in [-0.39, 0.29) is 0 Å². The number of aromatic nitrogens is 3. The summed E-state index contributed by atoms with van der Waals surface area (Å²) in [4.78, 5) is 49.1. The first-order valence-corrected chi connectivity index (χ1v) is 28.9. The van der Waals surface area contributed by atoms with Crippen molar-refractivity contribution >= 4 is 17.7 Å². The Hall–Kier alpha value is -9.48. The van der Waals surface area contributed by atoms with Crippen molar-refractivity contribution in [3.05, 3.63) is 256 Å². The summed E-state index contributed by atoms with van der Waals surface area (Å²) in [5.41, 5.74) is 24.5. The number of primary amides is 3. The number of hydrogen-bond donors (Lipinski definition) is 3. The highest BCUT2D eigenvalue weighted by Gasteiger charge is 2.29. The molecule has 3 saturated heterocycles. The summed E-state index contributed by atoms with van der Waals surface area (Å²) in [7, 11) is 0. The molecule has 3 aliphatic heterocycles. The maximum atomic E-state index is 11.1. The Kier molecular flexibility index (Phi) is 19.8. The summed E-state index contributed by atoms with van der Waals surface area (Å²) in [6, 6.07) is 61.9. The number of hydrogen-bond acceptors (Lipinski definition) is 13. The minimum atomic E-state index is -0.500. The second-order valence-electron chi connectivity index (χ2n) is 21.6. The highest BCUT2D eigenvalue weighted by molar-refractivity contribution is 5.93. The lowest BCUT2D eigenvalue weighted by atomic mass is 9.95. The van der Waals surface area contributed by atoms with Gasteiger partial charge in [0, 0.05) is 68.4 Å². The van der Waals surface area contributed by atoms with Crippen LogP contribution >= 0.6 is 0 Å². The minimum absolute atomic E-state index is 0.317. The number of likely N-dealkylation sites (tertiary alicyclic amines) is 3. The molecule has 16 heteroatoms. The van der Waals surface area contributed by atoms with Gasteiger partial charge in [-0.1, -0.05) is 109 Å². The number of pyridine rings is 2. The lowest BCUT2D eigenvalue weighted by Gasteiger charge is -2.36. The molecule has 3 atom stereocenters. The van der Waals surface area contributed by atoms with Crippen LogP contribution in [0, 0.1) is 6.92 Å². The quantitative estimate of drug-likeness (QED) is 0.0729. The average Bonchev–Trinajstić information content (AvgIpc) is 4.53. The molecular formula is C69H71N9O7. The van der Waals surface area contributed by atoms with Gasteiger partial charge < -0.3 is 35.9 Å². The molecule has 3 aliphatic rings. The van der Waals surface area contributed by atoms with Gasteiger partial charge in [-0.05, 0) is 165 Å². The van der Waals surface area contributed by atoms with Gasteiger partial charge in [-0.25, -0.2) is 9.97 Å². The summed E-state index contributed by atoms with van der Waals surface area (Å²) >= 11 is 0. The third kappa shape index (κ3) is 16.6. The van der Waals surface area contributed by atoms with Crippen LogP contribution in [0.4, 0.5) is 0 Å². The van der Waals surface area contributed by atoms with Crippen molar-refractivity contribution in [2.24, 2.45) is 17.2 Å². The lowest BCUT2D eigenvalue weighted by Crippen LogP contribution is -2.32. The molecule has 9 aromatic rings. The zero-order chi connectivity index (χ0) is 58.9. The molecule has 0 saturated carbocycles. The Balaban J connectivity index is 0.000000142. The van der Waals surface area contributed by atoms with Crippen LogP contribution in [-0.4, -0.2) is 73.7 Å². The molecule has 12 rings (SSSR count). The number of ether oxygens (including phenoxy) is 3. The topological polar surface area (TPSA) is 218 Å². The van der Waals surface area contributed by atoms with Crippen molar-refractivity contribution in [2.75, 3.05) is 26.2 Å². The fourth-order valence-electron chi connectivity index (χ4n) is 11.1. The Morgan fingerprint density at radius 3 is 1.44 bits per heavy atom. The second-order valence-corrected chi connectivity index (χ2v) is 21.6. The molecule has 6 aromatic carbocycles. The molecule has 16 nitrogen and oxygen atoms in total. The van der Waals surface area contributed by atoms with Crippen molar-refractivity contribution in [1.29, 1.82) is 0 Å². The molecule has 3 unspecified atom stereocenters. The van der Waals surface area contributed by atoms with E-state index < -0.39 is 17.7 Å². The van der Waals surface area contributed by atoms with Gasteiger partial charge in [-0.2, -0.15) is 0 Å². The third-order valence-corrected chi connectivity index (χ3v) is 15.5. The van der Waals surface area contributed by atoms with E-state index in [1.165, 1.54) is 72.3 Å². The van der Waals surface area contributed by atoms with E-state index >= 15 is 0 Å². The normalized spacial score (nSPS) is 16.9. The fraction of sp³-hybridized carbons (Fsp3) is 0.246. The van der Waals surface area contributed by atoms with Gasteiger partial charge in [0.1, 0.15) is 34.5 Å². The van der Waals surface area contributed by atoms with Crippen LogP contribution < -0.4 is 31.4 Å². The highest BCUT2D eigenvalue weighted by Crippen LogP contribution is 2.35. The average molecular weight is 1140 g/mol. The number of piperidine rings is 1. The predicted molar refractivity (Wildman–Crippen MR) is 326 cm³/mol. The number of nitrogens with two attached hydrogens (primary N) is 3. The number of rotatable bonds is 18.